The lowest BCUT2D eigenvalue weighted by atomic mass is 9.87. The van der Waals surface area contributed by atoms with Gasteiger partial charge in [0.1, 0.15) is 10.6 Å². The zero-order chi connectivity index (χ0) is 25.0. The Morgan fingerprint density at radius 2 is 1.89 bits per heavy atom. The molecule has 2 aromatic rings. The minimum atomic E-state index is -4.61. The third-order valence-electron chi connectivity index (χ3n) is 6.83. The molecular formula is C25H31F2N3O4S. The number of Topliss-reactive ketones (excluding diaryl/α,β-unsaturated/α-hetero) is 1. The number of piperidine rings is 1. The molecule has 0 bridgehead atoms. The van der Waals surface area contributed by atoms with Gasteiger partial charge in [-0.25, -0.2) is 8.78 Å². The first kappa shape index (κ1) is 25.7. The van der Waals surface area contributed by atoms with Crippen molar-refractivity contribution in [1.29, 1.82) is 0 Å². The molecule has 2 unspecified atom stereocenters. The zero-order valence-electron chi connectivity index (χ0n) is 19.7. The molecule has 7 nitrogen and oxygen atoms in total. The molecule has 0 saturated carbocycles. The zero-order valence-corrected chi connectivity index (χ0v) is 20.5. The van der Waals surface area contributed by atoms with E-state index >= 15 is 0 Å². The van der Waals surface area contributed by atoms with E-state index in [0.717, 1.165) is 57.3 Å². The van der Waals surface area contributed by atoms with Crippen LogP contribution in [0.4, 0.5) is 8.78 Å². The van der Waals surface area contributed by atoms with Crippen LogP contribution in [-0.2, 0) is 10.1 Å². The fraction of sp³-hybridized carbons (Fsp3) is 0.480. The molecule has 0 aliphatic carbocycles. The maximum atomic E-state index is 14.0. The Balaban J connectivity index is 1.41. The largest absolute Gasteiger partial charge is 0.379 e. The Morgan fingerprint density at radius 3 is 2.57 bits per heavy atom. The molecule has 35 heavy (non-hydrogen) atoms. The summed E-state index contributed by atoms with van der Waals surface area (Å²) in [5.74, 6) is -3.16. The van der Waals surface area contributed by atoms with Crippen molar-refractivity contribution >= 4 is 15.9 Å². The van der Waals surface area contributed by atoms with Gasteiger partial charge in [0.05, 0.1) is 0 Å². The van der Waals surface area contributed by atoms with Crippen LogP contribution in [0, 0.1) is 17.6 Å². The molecule has 190 valence electrons. The van der Waals surface area contributed by atoms with Gasteiger partial charge < -0.3 is 14.8 Å². The molecule has 2 N–H and O–H groups in total. The molecule has 2 aromatic carbocycles. The molecule has 0 amide bonds. The lowest BCUT2D eigenvalue weighted by Gasteiger charge is -2.42. The number of hydrogen-bond donors (Lipinski definition) is 2. The quantitative estimate of drug-likeness (QED) is 0.420. The Morgan fingerprint density at radius 1 is 1.14 bits per heavy atom. The Labute approximate surface area is 205 Å². The maximum absolute atomic E-state index is 14.0. The second-order valence-corrected chi connectivity index (χ2v) is 10.5. The Bertz CT molecular complexity index is 1150. The highest BCUT2D eigenvalue weighted by molar-refractivity contribution is 7.87. The lowest BCUT2D eigenvalue weighted by molar-refractivity contribution is 0.0725. The van der Waals surface area contributed by atoms with E-state index in [4.69, 9.17) is 4.18 Å². The third-order valence-corrected chi connectivity index (χ3v) is 8.10. The molecule has 10 heteroatoms. The summed E-state index contributed by atoms with van der Waals surface area (Å²) in [4.78, 5) is 14.7. The second-order valence-electron chi connectivity index (χ2n) is 9.03. The summed E-state index contributed by atoms with van der Waals surface area (Å²) in [5, 5.41) is 7.03. The summed E-state index contributed by atoms with van der Waals surface area (Å²) in [5.41, 5.74) is 0.334. The van der Waals surface area contributed by atoms with Gasteiger partial charge in [0.2, 0.25) is 0 Å². The van der Waals surface area contributed by atoms with Crippen molar-refractivity contribution in [3.63, 3.8) is 0 Å². The van der Waals surface area contributed by atoms with Crippen LogP contribution in [0.15, 0.2) is 47.4 Å². The van der Waals surface area contributed by atoms with Crippen molar-refractivity contribution < 1.29 is 26.2 Å². The monoisotopic (exact) mass is 507 g/mol. The number of nitrogens with one attached hydrogen (secondary N) is 2. The van der Waals surface area contributed by atoms with Gasteiger partial charge in [0, 0.05) is 43.2 Å². The van der Waals surface area contributed by atoms with E-state index in [-0.39, 0.29) is 17.5 Å². The summed E-state index contributed by atoms with van der Waals surface area (Å²) >= 11 is 0. The molecular weight excluding hydrogens is 476 g/mol. The summed E-state index contributed by atoms with van der Waals surface area (Å²) in [6, 6.07) is 9.48. The number of hydrogen-bond acceptors (Lipinski definition) is 7. The minimum absolute atomic E-state index is 0.0741. The van der Waals surface area contributed by atoms with Crippen molar-refractivity contribution in [1.82, 2.24) is 15.5 Å². The van der Waals surface area contributed by atoms with Gasteiger partial charge in [0.25, 0.3) is 0 Å². The van der Waals surface area contributed by atoms with Crippen molar-refractivity contribution in [3.8, 4) is 5.75 Å². The number of rotatable bonds is 8. The van der Waals surface area contributed by atoms with Gasteiger partial charge in [-0.15, -0.1) is 0 Å². The molecule has 2 atom stereocenters. The number of halogens is 2. The van der Waals surface area contributed by atoms with Crippen molar-refractivity contribution in [2.45, 2.75) is 43.2 Å². The van der Waals surface area contributed by atoms with E-state index in [0.29, 0.717) is 30.5 Å². The van der Waals surface area contributed by atoms with Crippen LogP contribution >= 0.6 is 0 Å². The highest BCUT2D eigenvalue weighted by atomic mass is 32.2. The third kappa shape index (κ3) is 5.88. The van der Waals surface area contributed by atoms with Gasteiger partial charge in [-0.1, -0.05) is 25.1 Å². The summed E-state index contributed by atoms with van der Waals surface area (Å²) < 4.78 is 57.5. The first-order valence-electron chi connectivity index (χ1n) is 12.0. The molecule has 2 heterocycles. The van der Waals surface area contributed by atoms with Crippen LogP contribution < -0.4 is 14.8 Å². The fourth-order valence-electron chi connectivity index (χ4n) is 5.02. The lowest BCUT2D eigenvalue weighted by Crippen LogP contribution is -2.59. The highest BCUT2D eigenvalue weighted by Crippen LogP contribution is 2.28. The van der Waals surface area contributed by atoms with Crippen LogP contribution in [0.5, 0.6) is 5.75 Å². The van der Waals surface area contributed by atoms with Crippen molar-refractivity contribution in [2.24, 2.45) is 5.92 Å². The predicted molar refractivity (Wildman–Crippen MR) is 128 cm³/mol. The number of likely N-dealkylation sites (tertiary alicyclic amines) is 1. The fourth-order valence-corrected chi connectivity index (χ4v) is 6.03. The predicted octanol–water partition coefficient (Wildman–Crippen LogP) is 2.97. The molecule has 2 fully saturated rings. The molecule has 0 radical (unpaired) electrons. The number of carbonyl (C=O) groups excluding carboxylic acids is 1. The second kappa shape index (κ2) is 11.1. The number of ketones is 1. The van der Waals surface area contributed by atoms with E-state index in [2.05, 4.69) is 22.5 Å². The topological polar surface area (TPSA) is 87.7 Å². The smallest absolute Gasteiger partial charge is 0.342 e. The molecule has 0 aromatic heterocycles. The van der Waals surface area contributed by atoms with Crippen molar-refractivity contribution in [2.75, 3.05) is 32.7 Å². The number of carbonyl (C=O) groups is 1. The van der Waals surface area contributed by atoms with Gasteiger partial charge >= 0.3 is 10.1 Å². The summed E-state index contributed by atoms with van der Waals surface area (Å²) in [6.07, 6.45) is 2.46. The van der Waals surface area contributed by atoms with Crippen LogP contribution in [0.25, 0.3) is 0 Å². The van der Waals surface area contributed by atoms with Gasteiger partial charge in [-0.2, -0.15) is 8.42 Å². The Kier molecular flexibility index (Phi) is 8.16. The van der Waals surface area contributed by atoms with E-state index in [1.54, 1.807) is 6.07 Å². The van der Waals surface area contributed by atoms with E-state index in [1.807, 2.05) is 0 Å². The summed E-state index contributed by atoms with van der Waals surface area (Å²) in [7, 11) is -4.61. The molecule has 2 aliphatic heterocycles. The molecule has 2 aliphatic rings. The van der Waals surface area contributed by atoms with Gasteiger partial charge in [-0.3, -0.25) is 9.69 Å². The normalized spacial score (nSPS) is 20.9. The van der Waals surface area contributed by atoms with Crippen LogP contribution in [0.3, 0.4) is 0 Å². The number of nitrogens with zero attached hydrogens (tertiary/aromatic N) is 1. The van der Waals surface area contributed by atoms with Gasteiger partial charge in [-0.05, 0) is 56.6 Å². The minimum Gasteiger partial charge on any atom is -0.379 e. The number of piperazine rings is 1. The van der Waals surface area contributed by atoms with E-state index < -0.39 is 26.6 Å². The standard InChI is InChI=1S/C25H31F2N3O4S/c1-2-22(21-16-28-11-12-29-21)30-13-9-17(10-14-30)25(31)18-5-3-6-19(15-18)34-35(32,33)23-8-4-7-20(26)24(23)27/h3-8,15,17,21-22,28-29H,2,9-14,16H2,1H3. The van der Waals surface area contributed by atoms with Crippen LogP contribution in [-0.4, -0.2) is 63.9 Å². The first-order valence-corrected chi connectivity index (χ1v) is 13.4. The average molecular weight is 508 g/mol. The first-order chi connectivity index (χ1) is 16.8. The van der Waals surface area contributed by atoms with E-state index in [1.165, 1.54) is 18.2 Å². The van der Waals surface area contributed by atoms with Crippen LogP contribution in [0.1, 0.15) is 36.5 Å². The van der Waals surface area contributed by atoms with Crippen LogP contribution in [0.2, 0.25) is 0 Å². The molecule has 0 spiro atoms. The SMILES string of the molecule is CCC(C1CNCCN1)N1CCC(C(=O)c2cccc(OS(=O)(=O)c3cccc(F)c3F)c2)CC1. The number of benzene rings is 2. The maximum Gasteiger partial charge on any atom is 0.342 e. The molecule has 4 rings (SSSR count). The van der Waals surface area contributed by atoms with Gasteiger partial charge in [0.15, 0.2) is 17.4 Å². The van der Waals surface area contributed by atoms with E-state index in [9.17, 15) is 22.0 Å². The average Bonchev–Trinajstić information content (AvgIpc) is 2.86. The highest BCUT2D eigenvalue weighted by Gasteiger charge is 2.33. The Hall–Kier alpha value is -2.40. The molecule has 2 saturated heterocycles. The van der Waals surface area contributed by atoms with Crippen molar-refractivity contribution in [3.05, 3.63) is 59.7 Å². The summed E-state index contributed by atoms with van der Waals surface area (Å²) in [6.45, 7) is 6.69.